The lowest BCUT2D eigenvalue weighted by atomic mass is 9.86. The van der Waals surface area contributed by atoms with E-state index in [1.54, 1.807) is 20.8 Å². The Morgan fingerprint density at radius 1 is 1.37 bits per heavy atom. The minimum atomic E-state index is -4.24. The molecular formula is C12H21F3N2O2. The van der Waals surface area contributed by atoms with Gasteiger partial charge in [-0.3, -0.25) is 0 Å². The van der Waals surface area contributed by atoms with E-state index in [1.807, 2.05) is 0 Å². The van der Waals surface area contributed by atoms with Crippen LogP contribution >= 0.6 is 0 Å². The zero-order valence-corrected chi connectivity index (χ0v) is 11.4. The standard InChI is InChI=1S/C12H21F3N2O2/c1-11(2,3)19-10(18)17-6-8-4-5-16-7-9(8)12(13,14)15/h8-9,16H,4-7H2,1-3H3,(H,17,18). The average Bonchev–Trinajstić information content (AvgIpc) is 2.23. The summed E-state index contributed by atoms with van der Waals surface area (Å²) in [6.07, 6.45) is -4.53. The number of piperidine rings is 1. The summed E-state index contributed by atoms with van der Waals surface area (Å²) in [5.41, 5.74) is -0.651. The fourth-order valence-electron chi connectivity index (χ4n) is 2.07. The van der Waals surface area contributed by atoms with Gasteiger partial charge in [-0.15, -0.1) is 0 Å². The first-order chi connectivity index (χ1) is 8.59. The van der Waals surface area contributed by atoms with E-state index in [2.05, 4.69) is 10.6 Å². The third-order valence-corrected chi connectivity index (χ3v) is 2.95. The molecule has 1 saturated heterocycles. The van der Waals surface area contributed by atoms with E-state index in [1.165, 1.54) is 0 Å². The second kappa shape index (κ2) is 5.98. The third kappa shape index (κ3) is 5.67. The predicted octanol–water partition coefficient (Wildman–Crippen LogP) is 2.30. The van der Waals surface area contributed by atoms with Crippen molar-refractivity contribution in [2.75, 3.05) is 19.6 Å². The summed E-state index contributed by atoms with van der Waals surface area (Å²) in [5.74, 6) is -2.02. The number of nitrogens with one attached hydrogen (secondary N) is 2. The monoisotopic (exact) mass is 282 g/mol. The topological polar surface area (TPSA) is 50.4 Å². The Morgan fingerprint density at radius 2 is 2.00 bits per heavy atom. The van der Waals surface area contributed by atoms with Gasteiger partial charge in [0.15, 0.2) is 0 Å². The first-order valence-corrected chi connectivity index (χ1v) is 6.34. The van der Waals surface area contributed by atoms with Gasteiger partial charge in [-0.1, -0.05) is 0 Å². The van der Waals surface area contributed by atoms with Gasteiger partial charge in [-0.25, -0.2) is 4.79 Å². The molecule has 1 aliphatic rings. The Morgan fingerprint density at radius 3 is 2.53 bits per heavy atom. The summed E-state index contributed by atoms with van der Waals surface area (Å²) in [5, 5.41) is 5.16. The highest BCUT2D eigenvalue weighted by atomic mass is 19.4. The lowest BCUT2D eigenvalue weighted by molar-refractivity contribution is -0.191. The van der Waals surface area contributed by atoms with Crippen molar-refractivity contribution in [3.05, 3.63) is 0 Å². The molecule has 112 valence electrons. The van der Waals surface area contributed by atoms with E-state index >= 15 is 0 Å². The Bertz CT molecular complexity index is 313. The van der Waals surface area contributed by atoms with Gasteiger partial charge < -0.3 is 15.4 Å². The molecule has 1 amide bonds. The highest BCUT2D eigenvalue weighted by Crippen LogP contribution is 2.34. The first-order valence-electron chi connectivity index (χ1n) is 6.34. The number of hydrogen-bond acceptors (Lipinski definition) is 3. The molecular weight excluding hydrogens is 261 g/mol. The molecule has 4 nitrogen and oxygen atoms in total. The zero-order chi connectivity index (χ0) is 14.7. The van der Waals surface area contributed by atoms with Crippen LogP contribution in [-0.2, 0) is 4.74 Å². The maximum atomic E-state index is 12.8. The van der Waals surface area contributed by atoms with E-state index < -0.39 is 29.7 Å². The fourth-order valence-corrected chi connectivity index (χ4v) is 2.07. The molecule has 0 bridgehead atoms. The highest BCUT2D eigenvalue weighted by molar-refractivity contribution is 5.67. The largest absolute Gasteiger partial charge is 0.444 e. The van der Waals surface area contributed by atoms with Crippen LogP contribution in [0.25, 0.3) is 0 Å². The van der Waals surface area contributed by atoms with Gasteiger partial charge in [-0.2, -0.15) is 13.2 Å². The van der Waals surface area contributed by atoms with Crippen molar-refractivity contribution >= 4 is 6.09 Å². The summed E-state index contributed by atoms with van der Waals surface area (Å²) >= 11 is 0. The molecule has 1 fully saturated rings. The number of hydrogen-bond donors (Lipinski definition) is 2. The Hall–Kier alpha value is -0.980. The Balaban J connectivity index is 2.48. The van der Waals surface area contributed by atoms with Gasteiger partial charge in [-0.05, 0) is 39.7 Å². The van der Waals surface area contributed by atoms with Crippen LogP contribution in [0.4, 0.5) is 18.0 Å². The molecule has 1 aliphatic heterocycles. The van der Waals surface area contributed by atoms with Crippen LogP contribution in [-0.4, -0.2) is 37.5 Å². The maximum Gasteiger partial charge on any atom is 0.407 e. The van der Waals surface area contributed by atoms with Crippen molar-refractivity contribution in [3.8, 4) is 0 Å². The van der Waals surface area contributed by atoms with Crippen LogP contribution in [0.3, 0.4) is 0 Å². The van der Waals surface area contributed by atoms with Crippen molar-refractivity contribution in [1.29, 1.82) is 0 Å². The van der Waals surface area contributed by atoms with E-state index in [-0.39, 0.29) is 13.1 Å². The average molecular weight is 282 g/mol. The molecule has 0 aromatic heterocycles. The lowest BCUT2D eigenvalue weighted by Gasteiger charge is -2.33. The number of carbonyl (C=O) groups is 1. The Kier molecular flexibility index (Phi) is 5.06. The SMILES string of the molecule is CC(C)(C)OC(=O)NCC1CCNCC1C(F)(F)F. The molecule has 1 heterocycles. The van der Waals surface area contributed by atoms with Gasteiger partial charge in [0, 0.05) is 13.1 Å². The van der Waals surface area contributed by atoms with Crippen molar-refractivity contribution in [2.24, 2.45) is 11.8 Å². The summed E-state index contributed by atoms with van der Waals surface area (Å²) in [7, 11) is 0. The maximum absolute atomic E-state index is 12.8. The summed E-state index contributed by atoms with van der Waals surface area (Å²) < 4.78 is 43.4. The van der Waals surface area contributed by atoms with Crippen LogP contribution in [0.5, 0.6) is 0 Å². The van der Waals surface area contributed by atoms with Crippen LogP contribution < -0.4 is 10.6 Å². The second-order valence-corrected chi connectivity index (χ2v) is 5.78. The summed E-state index contributed by atoms with van der Waals surface area (Å²) in [6, 6.07) is 0. The molecule has 0 saturated carbocycles. The van der Waals surface area contributed by atoms with Gasteiger partial charge in [0.1, 0.15) is 5.60 Å². The van der Waals surface area contributed by atoms with Crippen molar-refractivity contribution in [2.45, 2.75) is 39.0 Å². The molecule has 0 spiro atoms. The smallest absolute Gasteiger partial charge is 0.407 e. The minimum absolute atomic E-state index is 0.0131. The quantitative estimate of drug-likeness (QED) is 0.817. The second-order valence-electron chi connectivity index (χ2n) is 5.78. The van der Waals surface area contributed by atoms with E-state index in [0.29, 0.717) is 13.0 Å². The van der Waals surface area contributed by atoms with E-state index in [0.717, 1.165) is 0 Å². The molecule has 19 heavy (non-hydrogen) atoms. The van der Waals surface area contributed by atoms with Gasteiger partial charge in [0.2, 0.25) is 0 Å². The van der Waals surface area contributed by atoms with Crippen LogP contribution in [0.2, 0.25) is 0 Å². The highest BCUT2D eigenvalue weighted by Gasteiger charge is 2.45. The molecule has 7 heteroatoms. The molecule has 0 radical (unpaired) electrons. The van der Waals surface area contributed by atoms with E-state index in [4.69, 9.17) is 4.74 Å². The molecule has 2 unspecified atom stereocenters. The van der Waals surface area contributed by atoms with Crippen molar-refractivity contribution in [1.82, 2.24) is 10.6 Å². The number of halogens is 3. The Labute approximate surface area is 111 Å². The van der Waals surface area contributed by atoms with Gasteiger partial charge in [0.25, 0.3) is 0 Å². The molecule has 2 atom stereocenters. The summed E-state index contributed by atoms with van der Waals surface area (Å²) in [6.45, 7) is 5.54. The van der Waals surface area contributed by atoms with Crippen LogP contribution in [0.1, 0.15) is 27.2 Å². The fraction of sp³-hybridized carbons (Fsp3) is 0.917. The van der Waals surface area contributed by atoms with Crippen molar-refractivity contribution < 1.29 is 22.7 Å². The number of ether oxygens (including phenoxy) is 1. The van der Waals surface area contributed by atoms with Crippen molar-refractivity contribution in [3.63, 3.8) is 0 Å². The minimum Gasteiger partial charge on any atom is -0.444 e. The molecule has 0 aromatic carbocycles. The number of alkyl halides is 3. The lowest BCUT2D eigenvalue weighted by Crippen LogP contribution is -2.48. The molecule has 0 aliphatic carbocycles. The van der Waals surface area contributed by atoms with Gasteiger partial charge in [0.05, 0.1) is 5.92 Å². The first kappa shape index (κ1) is 16.1. The van der Waals surface area contributed by atoms with E-state index in [9.17, 15) is 18.0 Å². The third-order valence-electron chi connectivity index (χ3n) is 2.95. The van der Waals surface area contributed by atoms with Crippen LogP contribution in [0, 0.1) is 11.8 Å². The number of alkyl carbamates (subject to hydrolysis) is 1. The number of carbonyl (C=O) groups excluding carboxylic acids is 1. The normalized spacial score (nSPS) is 24.9. The molecule has 2 N–H and O–H groups in total. The molecule has 0 aromatic rings. The van der Waals surface area contributed by atoms with Crippen LogP contribution in [0.15, 0.2) is 0 Å². The van der Waals surface area contributed by atoms with Gasteiger partial charge >= 0.3 is 12.3 Å². The summed E-state index contributed by atoms with van der Waals surface area (Å²) in [4.78, 5) is 11.4. The zero-order valence-electron chi connectivity index (χ0n) is 11.4. The number of amides is 1. The molecule has 1 rings (SSSR count). The number of rotatable bonds is 2. The predicted molar refractivity (Wildman–Crippen MR) is 64.8 cm³/mol.